The number of hydrogen-bond donors (Lipinski definition) is 1. The number of nitrogens with zero attached hydrogens (tertiary/aromatic N) is 1. The van der Waals surface area contributed by atoms with Crippen LogP contribution in [0.5, 0.6) is 5.75 Å². The molecule has 0 unspecified atom stereocenters. The molecule has 0 fully saturated rings. The summed E-state index contributed by atoms with van der Waals surface area (Å²) < 4.78 is 5.54. The number of rotatable bonds is 3. The van der Waals surface area contributed by atoms with E-state index in [-0.39, 0.29) is 11.9 Å². The van der Waals surface area contributed by atoms with Gasteiger partial charge in [0.15, 0.2) is 0 Å². The number of nitrogens with one attached hydrogen (secondary N) is 1. The molecule has 0 saturated heterocycles. The van der Waals surface area contributed by atoms with E-state index in [1.807, 2.05) is 38.1 Å². The lowest BCUT2D eigenvalue weighted by atomic mass is 10.2. The van der Waals surface area contributed by atoms with Crippen LogP contribution in [0, 0.1) is 0 Å². The molecule has 0 saturated carbocycles. The van der Waals surface area contributed by atoms with E-state index >= 15 is 0 Å². The maximum Gasteiger partial charge on any atom is 0.239 e. The van der Waals surface area contributed by atoms with Crippen LogP contribution in [0.4, 0.5) is 5.69 Å². The van der Waals surface area contributed by atoms with Crippen molar-refractivity contribution >= 4 is 11.6 Å². The molecule has 17 heavy (non-hydrogen) atoms. The number of carbonyl (C=O) groups excluding carboxylic acids is 1. The highest BCUT2D eigenvalue weighted by Crippen LogP contribution is 2.30. The maximum absolute atomic E-state index is 11.7. The Bertz CT molecular complexity index is 404. The molecule has 0 aromatic heterocycles. The summed E-state index contributed by atoms with van der Waals surface area (Å²) >= 11 is 0. The Morgan fingerprint density at radius 3 is 3.00 bits per heavy atom. The molecule has 1 aliphatic heterocycles. The van der Waals surface area contributed by atoms with Crippen LogP contribution in [-0.2, 0) is 4.79 Å². The smallest absolute Gasteiger partial charge is 0.239 e. The molecular formula is C13H18N2O2. The standard InChI is InChI=1S/C13H18N2O2/c1-10(2)14-13(16)9-15-7-8-17-12-6-4-3-5-11(12)15/h3-6,10H,7-9H2,1-2H3,(H,14,16). The molecule has 4 nitrogen and oxygen atoms in total. The molecule has 1 aromatic rings. The highest BCUT2D eigenvalue weighted by atomic mass is 16.5. The first kappa shape index (κ1) is 11.8. The summed E-state index contributed by atoms with van der Waals surface area (Å²) in [6.45, 7) is 5.70. The molecule has 4 heteroatoms. The van der Waals surface area contributed by atoms with Crippen molar-refractivity contribution in [3.05, 3.63) is 24.3 Å². The van der Waals surface area contributed by atoms with E-state index in [0.29, 0.717) is 13.2 Å². The fourth-order valence-electron chi connectivity index (χ4n) is 1.93. The van der Waals surface area contributed by atoms with Gasteiger partial charge in [-0.1, -0.05) is 12.1 Å². The molecule has 0 atom stereocenters. The van der Waals surface area contributed by atoms with Crippen molar-refractivity contribution in [1.82, 2.24) is 5.32 Å². The predicted molar refractivity (Wildman–Crippen MR) is 67.4 cm³/mol. The summed E-state index contributed by atoms with van der Waals surface area (Å²) in [5.41, 5.74) is 0.998. The molecule has 1 aromatic carbocycles. The Kier molecular flexibility index (Phi) is 3.52. The predicted octanol–water partition coefficient (Wildman–Crippen LogP) is 1.41. The zero-order chi connectivity index (χ0) is 12.3. The minimum absolute atomic E-state index is 0.0525. The van der Waals surface area contributed by atoms with Gasteiger partial charge in [0, 0.05) is 6.04 Å². The Hall–Kier alpha value is -1.71. The van der Waals surface area contributed by atoms with Crippen molar-refractivity contribution in [2.45, 2.75) is 19.9 Å². The van der Waals surface area contributed by atoms with Crippen LogP contribution in [-0.4, -0.2) is 31.6 Å². The zero-order valence-electron chi connectivity index (χ0n) is 10.3. The van der Waals surface area contributed by atoms with Crippen molar-refractivity contribution in [2.24, 2.45) is 0 Å². The monoisotopic (exact) mass is 234 g/mol. The first-order valence-electron chi connectivity index (χ1n) is 5.93. The van der Waals surface area contributed by atoms with Gasteiger partial charge in [-0.25, -0.2) is 0 Å². The van der Waals surface area contributed by atoms with Crippen molar-refractivity contribution in [1.29, 1.82) is 0 Å². The van der Waals surface area contributed by atoms with Gasteiger partial charge in [0.25, 0.3) is 0 Å². The van der Waals surface area contributed by atoms with Gasteiger partial charge in [-0.2, -0.15) is 0 Å². The first-order chi connectivity index (χ1) is 8.16. The van der Waals surface area contributed by atoms with Gasteiger partial charge in [-0.3, -0.25) is 4.79 Å². The van der Waals surface area contributed by atoms with Crippen LogP contribution in [0.25, 0.3) is 0 Å². The largest absolute Gasteiger partial charge is 0.490 e. The number of hydrogen-bond acceptors (Lipinski definition) is 3. The lowest BCUT2D eigenvalue weighted by Gasteiger charge is -2.30. The fourth-order valence-corrected chi connectivity index (χ4v) is 1.93. The molecular weight excluding hydrogens is 216 g/mol. The Morgan fingerprint density at radius 1 is 1.47 bits per heavy atom. The summed E-state index contributed by atoms with van der Waals surface area (Å²) in [4.78, 5) is 13.8. The lowest BCUT2D eigenvalue weighted by molar-refractivity contribution is -0.120. The zero-order valence-corrected chi connectivity index (χ0v) is 10.3. The molecule has 0 bridgehead atoms. The van der Waals surface area contributed by atoms with E-state index in [1.54, 1.807) is 0 Å². The van der Waals surface area contributed by atoms with Crippen LogP contribution < -0.4 is 15.0 Å². The Labute approximate surface area is 102 Å². The molecule has 0 aliphatic carbocycles. The minimum Gasteiger partial charge on any atom is -0.490 e. The summed E-state index contributed by atoms with van der Waals surface area (Å²) in [5, 5.41) is 2.90. The van der Waals surface area contributed by atoms with Crippen LogP contribution >= 0.6 is 0 Å². The van der Waals surface area contributed by atoms with Gasteiger partial charge in [0.1, 0.15) is 12.4 Å². The van der Waals surface area contributed by atoms with Crippen molar-refractivity contribution < 1.29 is 9.53 Å². The number of para-hydroxylation sites is 2. The number of carbonyl (C=O) groups is 1. The normalized spacial score (nSPS) is 14.2. The third-order valence-electron chi connectivity index (χ3n) is 2.61. The van der Waals surface area contributed by atoms with Gasteiger partial charge in [-0.15, -0.1) is 0 Å². The number of anilines is 1. The van der Waals surface area contributed by atoms with Gasteiger partial charge < -0.3 is 15.0 Å². The molecule has 0 radical (unpaired) electrons. The van der Waals surface area contributed by atoms with E-state index in [4.69, 9.17) is 4.74 Å². The highest BCUT2D eigenvalue weighted by molar-refractivity contribution is 5.82. The molecule has 1 heterocycles. The minimum atomic E-state index is 0.0525. The average Bonchev–Trinajstić information content (AvgIpc) is 2.28. The number of fused-ring (bicyclic) bond motifs is 1. The number of ether oxygens (including phenoxy) is 1. The Balaban J connectivity index is 2.06. The van der Waals surface area contributed by atoms with Gasteiger partial charge in [0.2, 0.25) is 5.91 Å². The second-order valence-electron chi connectivity index (χ2n) is 4.46. The second-order valence-corrected chi connectivity index (χ2v) is 4.46. The van der Waals surface area contributed by atoms with Crippen molar-refractivity contribution in [3.8, 4) is 5.75 Å². The summed E-state index contributed by atoms with van der Waals surface area (Å²) in [5.74, 6) is 0.910. The van der Waals surface area contributed by atoms with Gasteiger partial charge >= 0.3 is 0 Å². The summed E-state index contributed by atoms with van der Waals surface area (Å²) in [6.07, 6.45) is 0. The van der Waals surface area contributed by atoms with E-state index in [9.17, 15) is 4.79 Å². The van der Waals surface area contributed by atoms with E-state index in [0.717, 1.165) is 18.0 Å². The third-order valence-corrected chi connectivity index (χ3v) is 2.61. The molecule has 1 aliphatic rings. The van der Waals surface area contributed by atoms with E-state index < -0.39 is 0 Å². The van der Waals surface area contributed by atoms with Crippen LogP contribution in [0.1, 0.15) is 13.8 Å². The summed E-state index contributed by atoms with van der Waals surface area (Å²) in [6, 6.07) is 8.00. The third kappa shape index (κ3) is 2.90. The van der Waals surface area contributed by atoms with Crippen molar-refractivity contribution in [3.63, 3.8) is 0 Å². The maximum atomic E-state index is 11.7. The Morgan fingerprint density at radius 2 is 2.24 bits per heavy atom. The quantitative estimate of drug-likeness (QED) is 0.859. The van der Waals surface area contributed by atoms with Crippen LogP contribution in [0.2, 0.25) is 0 Å². The van der Waals surface area contributed by atoms with Crippen LogP contribution in [0.3, 0.4) is 0 Å². The average molecular weight is 234 g/mol. The molecule has 2 rings (SSSR count). The van der Waals surface area contributed by atoms with Crippen LogP contribution in [0.15, 0.2) is 24.3 Å². The highest BCUT2D eigenvalue weighted by Gasteiger charge is 2.19. The first-order valence-corrected chi connectivity index (χ1v) is 5.93. The second kappa shape index (κ2) is 5.08. The number of amides is 1. The fraction of sp³-hybridized carbons (Fsp3) is 0.462. The molecule has 92 valence electrons. The van der Waals surface area contributed by atoms with Gasteiger partial charge in [-0.05, 0) is 26.0 Å². The molecule has 1 amide bonds. The SMILES string of the molecule is CC(C)NC(=O)CN1CCOc2ccccc21. The van der Waals surface area contributed by atoms with E-state index in [2.05, 4.69) is 10.2 Å². The lowest BCUT2D eigenvalue weighted by Crippen LogP contribution is -2.43. The van der Waals surface area contributed by atoms with Gasteiger partial charge in [0.05, 0.1) is 18.8 Å². The molecule has 0 spiro atoms. The molecule has 1 N–H and O–H groups in total. The van der Waals surface area contributed by atoms with E-state index in [1.165, 1.54) is 0 Å². The topological polar surface area (TPSA) is 41.6 Å². The summed E-state index contributed by atoms with van der Waals surface area (Å²) in [7, 11) is 0. The van der Waals surface area contributed by atoms with Crippen molar-refractivity contribution in [2.75, 3.05) is 24.6 Å². The number of benzene rings is 1.